The standard InChI is InChI=1S/C13H20BrClN4.HI/c1-5-16-13(17-7-10(2)14)19(4)9-12-6-11(15)8-18(12)3;/h6,8H,2,5,7,9H2,1,3-4H3,(H,16,17);1H. The minimum atomic E-state index is 0. The summed E-state index contributed by atoms with van der Waals surface area (Å²) in [5.74, 6) is 0.848. The highest BCUT2D eigenvalue weighted by molar-refractivity contribution is 14.0. The Hall–Kier alpha value is -0.210. The Labute approximate surface area is 151 Å². The maximum atomic E-state index is 5.99. The molecule has 1 aromatic heterocycles. The van der Waals surface area contributed by atoms with E-state index in [-0.39, 0.29) is 24.0 Å². The fourth-order valence-electron chi connectivity index (χ4n) is 1.67. The van der Waals surface area contributed by atoms with Gasteiger partial charge >= 0.3 is 0 Å². The van der Waals surface area contributed by atoms with Crippen LogP contribution in [0.15, 0.2) is 28.3 Å². The molecule has 0 fully saturated rings. The number of hydrogen-bond donors (Lipinski definition) is 1. The summed E-state index contributed by atoms with van der Waals surface area (Å²) in [6, 6.07) is 1.96. The summed E-state index contributed by atoms with van der Waals surface area (Å²) in [5, 5.41) is 4.01. The Bertz CT molecular complexity index is 473. The van der Waals surface area contributed by atoms with Crippen LogP contribution in [0, 0.1) is 0 Å². The number of rotatable bonds is 5. The topological polar surface area (TPSA) is 32.6 Å². The molecule has 7 heteroatoms. The third kappa shape index (κ3) is 6.49. The lowest BCUT2D eigenvalue weighted by atomic mass is 10.4. The molecule has 0 amide bonds. The van der Waals surface area contributed by atoms with E-state index in [0.717, 1.165) is 34.2 Å². The number of hydrogen-bond acceptors (Lipinski definition) is 1. The fraction of sp³-hybridized carbons (Fsp3) is 0.462. The van der Waals surface area contributed by atoms with Gasteiger partial charge in [-0.1, -0.05) is 34.1 Å². The minimum Gasteiger partial charge on any atom is -0.357 e. The lowest BCUT2D eigenvalue weighted by molar-refractivity contribution is 0.463. The molecule has 0 aliphatic carbocycles. The third-order valence-electron chi connectivity index (χ3n) is 2.57. The zero-order chi connectivity index (χ0) is 14.4. The maximum absolute atomic E-state index is 5.99. The van der Waals surface area contributed by atoms with Crippen molar-refractivity contribution in [3.8, 4) is 0 Å². The normalized spacial score (nSPS) is 10.9. The summed E-state index contributed by atoms with van der Waals surface area (Å²) in [7, 11) is 3.98. The largest absolute Gasteiger partial charge is 0.357 e. The molecule has 0 unspecified atom stereocenters. The van der Waals surface area contributed by atoms with E-state index in [4.69, 9.17) is 11.6 Å². The second-order valence-electron chi connectivity index (χ2n) is 4.30. The summed E-state index contributed by atoms with van der Waals surface area (Å²) in [6.07, 6.45) is 1.90. The lowest BCUT2D eigenvalue weighted by Gasteiger charge is -2.22. The molecule has 0 aliphatic heterocycles. The van der Waals surface area contributed by atoms with Crippen molar-refractivity contribution >= 4 is 57.5 Å². The number of aliphatic imine (C=N–C) groups is 1. The Balaban J connectivity index is 0.00000361. The van der Waals surface area contributed by atoms with Gasteiger partial charge < -0.3 is 14.8 Å². The predicted octanol–water partition coefficient (Wildman–Crippen LogP) is 3.60. The van der Waals surface area contributed by atoms with E-state index in [1.165, 1.54) is 0 Å². The highest BCUT2D eigenvalue weighted by Gasteiger charge is 2.09. The molecule has 0 spiro atoms. The second kappa shape index (κ2) is 9.68. The van der Waals surface area contributed by atoms with Gasteiger partial charge in [0, 0.05) is 37.0 Å². The molecule has 0 saturated heterocycles. The molecule has 4 nitrogen and oxygen atoms in total. The van der Waals surface area contributed by atoms with E-state index in [2.05, 4.69) is 37.7 Å². The molecule has 1 N–H and O–H groups in total. The SMILES string of the molecule is C=C(Br)CN=C(NCC)N(C)Cc1cc(Cl)cn1C.I. The lowest BCUT2D eigenvalue weighted by Crippen LogP contribution is -2.38. The van der Waals surface area contributed by atoms with Crippen LogP contribution in [0.1, 0.15) is 12.6 Å². The molecule has 1 heterocycles. The van der Waals surface area contributed by atoms with Crippen LogP contribution in [0.5, 0.6) is 0 Å². The molecule has 20 heavy (non-hydrogen) atoms. The molecule has 0 aromatic carbocycles. The molecule has 0 atom stereocenters. The van der Waals surface area contributed by atoms with E-state index in [9.17, 15) is 0 Å². The Morgan fingerprint density at radius 3 is 2.70 bits per heavy atom. The van der Waals surface area contributed by atoms with Gasteiger partial charge in [-0.2, -0.15) is 0 Å². The predicted molar refractivity (Wildman–Crippen MR) is 101 cm³/mol. The number of halogens is 3. The average molecular weight is 476 g/mol. The molecule has 0 aliphatic rings. The molecular formula is C13H21BrClIN4. The van der Waals surface area contributed by atoms with Crippen LogP contribution in [0.3, 0.4) is 0 Å². The van der Waals surface area contributed by atoms with Crippen LogP contribution in [0.2, 0.25) is 5.02 Å². The van der Waals surface area contributed by atoms with Crippen molar-refractivity contribution in [2.45, 2.75) is 13.5 Å². The van der Waals surface area contributed by atoms with Gasteiger partial charge in [0.15, 0.2) is 5.96 Å². The first-order chi connectivity index (χ1) is 8.93. The molecule has 114 valence electrons. The number of nitrogens with one attached hydrogen (secondary N) is 1. The number of aromatic nitrogens is 1. The maximum Gasteiger partial charge on any atom is 0.194 e. The van der Waals surface area contributed by atoms with Gasteiger partial charge in [-0.25, -0.2) is 4.99 Å². The Kier molecular flexibility index (Phi) is 9.58. The highest BCUT2D eigenvalue weighted by Crippen LogP contribution is 2.14. The quantitative estimate of drug-likeness (QED) is 0.401. The Morgan fingerprint density at radius 1 is 1.60 bits per heavy atom. The van der Waals surface area contributed by atoms with Crippen LogP contribution in [-0.4, -0.2) is 35.6 Å². The van der Waals surface area contributed by atoms with E-state index >= 15 is 0 Å². The average Bonchev–Trinajstić information content (AvgIpc) is 2.62. The first-order valence-electron chi connectivity index (χ1n) is 6.07. The molecule has 0 bridgehead atoms. The summed E-state index contributed by atoms with van der Waals surface area (Å²) < 4.78 is 2.88. The smallest absolute Gasteiger partial charge is 0.194 e. The summed E-state index contributed by atoms with van der Waals surface area (Å²) in [4.78, 5) is 6.55. The van der Waals surface area contributed by atoms with E-state index in [0.29, 0.717) is 6.54 Å². The van der Waals surface area contributed by atoms with Gasteiger partial charge in [0.1, 0.15) is 0 Å². The van der Waals surface area contributed by atoms with Gasteiger partial charge in [0.05, 0.1) is 18.1 Å². The van der Waals surface area contributed by atoms with Crippen molar-refractivity contribution in [3.05, 3.63) is 34.0 Å². The summed E-state index contributed by atoms with van der Waals surface area (Å²) in [6.45, 7) is 7.96. The van der Waals surface area contributed by atoms with Crippen LogP contribution < -0.4 is 5.32 Å². The summed E-state index contributed by atoms with van der Waals surface area (Å²) in [5.41, 5.74) is 1.13. The monoisotopic (exact) mass is 474 g/mol. The molecule has 0 radical (unpaired) electrons. The second-order valence-corrected chi connectivity index (χ2v) is 5.86. The van der Waals surface area contributed by atoms with Crippen LogP contribution >= 0.6 is 51.5 Å². The van der Waals surface area contributed by atoms with Crippen molar-refractivity contribution in [2.75, 3.05) is 20.1 Å². The molecule has 0 saturated carbocycles. The van der Waals surface area contributed by atoms with Crippen molar-refractivity contribution in [2.24, 2.45) is 12.0 Å². The van der Waals surface area contributed by atoms with E-state index in [1.807, 2.05) is 37.8 Å². The van der Waals surface area contributed by atoms with Crippen LogP contribution in [0.4, 0.5) is 0 Å². The highest BCUT2D eigenvalue weighted by atomic mass is 127. The van der Waals surface area contributed by atoms with Gasteiger partial charge in [-0.3, -0.25) is 0 Å². The van der Waals surface area contributed by atoms with Gasteiger partial charge in [0.2, 0.25) is 0 Å². The Morgan fingerprint density at radius 2 is 2.25 bits per heavy atom. The van der Waals surface area contributed by atoms with Crippen molar-refractivity contribution in [1.82, 2.24) is 14.8 Å². The first-order valence-corrected chi connectivity index (χ1v) is 7.24. The molecule has 1 rings (SSSR count). The zero-order valence-corrected chi connectivity index (χ0v) is 16.7. The third-order valence-corrected chi connectivity index (χ3v) is 3.03. The summed E-state index contributed by atoms with van der Waals surface area (Å²) >= 11 is 9.31. The fourth-order valence-corrected chi connectivity index (χ4v) is 2.07. The number of nitrogens with zero attached hydrogens (tertiary/aromatic N) is 3. The van der Waals surface area contributed by atoms with Gasteiger partial charge in [0.25, 0.3) is 0 Å². The van der Waals surface area contributed by atoms with Gasteiger partial charge in [-0.05, 0) is 13.0 Å². The van der Waals surface area contributed by atoms with E-state index < -0.39 is 0 Å². The van der Waals surface area contributed by atoms with Crippen molar-refractivity contribution < 1.29 is 0 Å². The van der Waals surface area contributed by atoms with Crippen LogP contribution in [-0.2, 0) is 13.6 Å². The zero-order valence-electron chi connectivity index (χ0n) is 12.0. The van der Waals surface area contributed by atoms with Crippen molar-refractivity contribution in [3.63, 3.8) is 0 Å². The molecule has 1 aromatic rings. The van der Waals surface area contributed by atoms with Crippen LogP contribution in [0.25, 0.3) is 0 Å². The molecular weight excluding hydrogens is 454 g/mol. The van der Waals surface area contributed by atoms with Crippen molar-refractivity contribution in [1.29, 1.82) is 0 Å². The first kappa shape index (κ1) is 19.8. The van der Waals surface area contributed by atoms with E-state index in [1.54, 1.807) is 0 Å². The number of guanidine groups is 1. The number of aryl methyl sites for hydroxylation is 1. The van der Waals surface area contributed by atoms with Gasteiger partial charge in [-0.15, -0.1) is 24.0 Å². The minimum absolute atomic E-state index is 0.